The third kappa shape index (κ3) is 3.99. The van der Waals surface area contributed by atoms with E-state index in [1.807, 2.05) is 0 Å². The molecule has 0 aliphatic heterocycles. The number of benzene rings is 1. The normalized spacial score (nSPS) is 13.1. The number of carbonyl (C=O) groups is 1. The van der Waals surface area contributed by atoms with E-state index in [0.29, 0.717) is 12.1 Å². The van der Waals surface area contributed by atoms with Gasteiger partial charge in [0.2, 0.25) is 0 Å². The Labute approximate surface area is 112 Å². The zero-order valence-corrected chi connectivity index (χ0v) is 12.1. The minimum Gasteiger partial charge on any atom is -0.340 e. The Kier molecular flexibility index (Phi) is 4.76. The van der Waals surface area contributed by atoms with Gasteiger partial charge in [0.15, 0.2) is 9.84 Å². The van der Waals surface area contributed by atoms with E-state index in [1.165, 1.54) is 17.0 Å². The van der Waals surface area contributed by atoms with Gasteiger partial charge in [-0.3, -0.25) is 4.79 Å². The molecular weight excluding hydrogens is 274 g/mol. The number of halogens is 1. The Balaban J connectivity index is 3.01. The number of hydrogen-bond donors (Lipinski definition) is 0. The van der Waals surface area contributed by atoms with Crippen LogP contribution in [0.2, 0.25) is 0 Å². The maximum absolute atomic E-state index is 12.0. The van der Waals surface area contributed by atoms with Crippen LogP contribution in [-0.2, 0) is 9.84 Å². The first-order chi connectivity index (χ1) is 8.21. The quantitative estimate of drug-likeness (QED) is 0.794. The maximum atomic E-state index is 12.0. The van der Waals surface area contributed by atoms with Crippen molar-refractivity contribution in [1.29, 1.82) is 0 Å². The second-order valence-electron chi connectivity index (χ2n) is 4.27. The first-order valence-electron chi connectivity index (χ1n) is 5.41. The Morgan fingerprint density at radius 1 is 1.44 bits per heavy atom. The smallest absolute Gasteiger partial charge is 0.253 e. The van der Waals surface area contributed by atoms with Gasteiger partial charge in [0.25, 0.3) is 5.91 Å². The number of carbonyl (C=O) groups excluding carboxylic acids is 1. The Morgan fingerprint density at radius 3 is 2.56 bits per heavy atom. The molecule has 1 unspecified atom stereocenters. The van der Waals surface area contributed by atoms with Crippen LogP contribution in [0.25, 0.3) is 0 Å². The fraction of sp³-hybridized carbons (Fsp3) is 0.417. The maximum Gasteiger partial charge on any atom is 0.253 e. The van der Waals surface area contributed by atoms with E-state index in [1.54, 1.807) is 26.1 Å². The second-order valence-corrected chi connectivity index (χ2v) is 7.03. The van der Waals surface area contributed by atoms with E-state index in [-0.39, 0.29) is 16.2 Å². The van der Waals surface area contributed by atoms with Gasteiger partial charge in [-0.2, -0.15) is 0 Å². The topological polar surface area (TPSA) is 54.5 Å². The molecule has 0 saturated heterocycles. The van der Waals surface area contributed by atoms with Crippen LogP contribution in [0.3, 0.4) is 0 Å². The van der Waals surface area contributed by atoms with Crippen molar-refractivity contribution in [2.24, 2.45) is 0 Å². The SMILES string of the molecule is CC(Cl)CN(C)C(=O)c1cccc(S(C)(=O)=O)c1. The molecule has 4 nitrogen and oxygen atoms in total. The number of sulfone groups is 1. The predicted octanol–water partition coefficient (Wildman–Crippen LogP) is 1.79. The molecule has 0 aliphatic carbocycles. The number of rotatable bonds is 4. The summed E-state index contributed by atoms with van der Waals surface area (Å²) in [5.74, 6) is -0.243. The Bertz CT molecular complexity index is 540. The summed E-state index contributed by atoms with van der Waals surface area (Å²) in [4.78, 5) is 13.6. The minimum atomic E-state index is -3.30. The molecule has 1 atom stereocenters. The predicted molar refractivity (Wildman–Crippen MR) is 71.8 cm³/mol. The van der Waals surface area contributed by atoms with Crippen molar-refractivity contribution in [1.82, 2.24) is 4.90 Å². The third-order valence-electron chi connectivity index (χ3n) is 2.38. The Hall–Kier alpha value is -1.07. The van der Waals surface area contributed by atoms with Crippen LogP contribution in [0.1, 0.15) is 17.3 Å². The largest absolute Gasteiger partial charge is 0.340 e. The molecule has 1 amide bonds. The van der Waals surface area contributed by atoms with E-state index >= 15 is 0 Å². The first kappa shape index (κ1) is 15.0. The molecule has 0 spiro atoms. The number of hydrogen-bond acceptors (Lipinski definition) is 3. The zero-order valence-electron chi connectivity index (χ0n) is 10.6. The highest BCUT2D eigenvalue weighted by atomic mass is 35.5. The van der Waals surface area contributed by atoms with Crippen molar-refractivity contribution < 1.29 is 13.2 Å². The lowest BCUT2D eigenvalue weighted by molar-refractivity contribution is 0.0796. The van der Waals surface area contributed by atoms with Crippen LogP contribution >= 0.6 is 11.6 Å². The van der Waals surface area contributed by atoms with Crippen molar-refractivity contribution in [3.63, 3.8) is 0 Å². The second kappa shape index (κ2) is 5.71. The highest BCUT2D eigenvalue weighted by Crippen LogP contribution is 2.13. The van der Waals surface area contributed by atoms with Crippen molar-refractivity contribution in [3.05, 3.63) is 29.8 Å². The zero-order chi connectivity index (χ0) is 13.9. The van der Waals surface area contributed by atoms with E-state index in [9.17, 15) is 13.2 Å². The molecule has 0 N–H and O–H groups in total. The molecule has 1 aromatic rings. The molecule has 0 fully saturated rings. The molecule has 1 rings (SSSR count). The van der Waals surface area contributed by atoms with Gasteiger partial charge in [0, 0.05) is 30.8 Å². The van der Waals surface area contributed by atoms with E-state index < -0.39 is 9.84 Å². The van der Waals surface area contributed by atoms with E-state index in [4.69, 9.17) is 11.6 Å². The van der Waals surface area contributed by atoms with Crippen LogP contribution < -0.4 is 0 Å². The molecule has 1 aromatic carbocycles. The molecule has 0 saturated carbocycles. The molecular formula is C12H16ClNO3S. The van der Waals surface area contributed by atoms with Gasteiger partial charge in [0.1, 0.15) is 0 Å². The van der Waals surface area contributed by atoms with Gasteiger partial charge in [-0.25, -0.2) is 8.42 Å². The highest BCUT2D eigenvalue weighted by molar-refractivity contribution is 7.90. The lowest BCUT2D eigenvalue weighted by Crippen LogP contribution is -2.31. The summed E-state index contributed by atoms with van der Waals surface area (Å²) < 4.78 is 22.8. The summed E-state index contributed by atoms with van der Waals surface area (Å²) in [6, 6.07) is 6.00. The average Bonchev–Trinajstić information content (AvgIpc) is 2.26. The van der Waals surface area contributed by atoms with Crippen molar-refractivity contribution in [2.75, 3.05) is 19.8 Å². The highest BCUT2D eigenvalue weighted by Gasteiger charge is 2.15. The van der Waals surface area contributed by atoms with Crippen LogP contribution in [0.15, 0.2) is 29.2 Å². The fourth-order valence-electron chi connectivity index (χ4n) is 1.54. The molecule has 100 valence electrons. The lowest BCUT2D eigenvalue weighted by atomic mass is 10.2. The molecule has 6 heteroatoms. The van der Waals surface area contributed by atoms with Gasteiger partial charge in [-0.05, 0) is 25.1 Å². The van der Waals surface area contributed by atoms with Gasteiger partial charge in [0.05, 0.1) is 4.90 Å². The van der Waals surface area contributed by atoms with Gasteiger partial charge in [-0.1, -0.05) is 6.07 Å². The number of alkyl halides is 1. The van der Waals surface area contributed by atoms with Crippen molar-refractivity contribution in [3.8, 4) is 0 Å². The fourth-order valence-corrected chi connectivity index (χ4v) is 2.41. The first-order valence-corrected chi connectivity index (χ1v) is 7.74. The monoisotopic (exact) mass is 289 g/mol. The lowest BCUT2D eigenvalue weighted by Gasteiger charge is -2.18. The Morgan fingerprint density at radius 2 is 2.06 bits per heavy atom. The standard InChI is InChI=1S/C12H16ClNO3S/c1-9(13)8-14(2)12(15)10-5-4-6-11(7-10)18(3,16)17/h4-7,9H,8H2,1-3H3. The van der Waals surface area contributed by atoms with E-state index in [0.717, 1.165) is 6.26 Å². The van der Waals surface area contributed by atoms with Crippen molar-refractivity contribution >= 4 is 27.3 Å². The summed E-state index contributed by atoms with van der Waals surface area (Å²) in [5, 5.41) is -0.156. The molecule has 0 aliphatic rings. The summed E-state index contributed by atoms with van der Waals surface area (Å²) in [5.41, 5.74) is 0.345. The summed E-state index contributed by atoms with van der Waals surface area (Å²) in [6.45, 7) is 2.20. The summed E-state index contributed by atoms with van der Waals surface area (Å²) in [7, 11) is -1.67. The van der Waals surface area contributed by atoms with E-state index in [2.05, 4.69) is 0 Å². The third-order valence-corrected chi connectivity index (χ3v) is 3.63. The molecule has 0 aromatic heterocycles. The molecule has 0 radical (unpaired) electrons. The van der Waals surface area contributed by atoms with Gasteiger partial charge in [-0.15, -0.1) is 11.6 Å². The summed E-state index contributed by atoms with van der Waals surface area (Å²) in [6.07, 6.45) is 1.11. The van der Waals surface area contributed by atoms with Crippen LogP contribution in [0, 0.1) is 0 Å². The average molecular weight is 290 g/mol. The molecule has 0 bridgehead atoms. The van der Waals surface area contributed by atoms with Crippen LogP contribution in [-0.4, -0.2) is 44.5 Å². The van der Waals surface area contributed by atoms with Crippen LogP contribution in [0.5, 0.6) is 0 Å². The van der Waals surface area contributed by atoms with Gasteiger partial charge >= 0.3 is 0 Å². The van der Waals surface area contributed by atoms with Crippen molar-refractivity contribution in [2.45, 2.75) is 17.2 Å². The minimum absolute atomic E-state index is 0.140. The molecule has 18 heavy (non-hydrogen) atoms. The number of amides is 1. The summed E-state index contributed by atoms with van der Waals surface area (Å²) >= 11 is 5.82. The number of nitrogens with zero attached hydrogens (tertiary/aromatic N) is 1. The molecule has 0 heterocycles. The van der Waals surface area contributed by atoms with Gasteiger partial charge < -0.3 is 4.90 Å². The van der Waals surface area contributed by atoms with Crippen LogP contribution in [0.4, 0.5) is 0 Å².